The minimum absolute atomic E-state index is 0. The van der Waals surface area contributed by atoms with Gasteiger partial charge in [-0.3, -0.25) is 0 Å². The SMILES string of the molecule is CCNC(=NCc1ccc(OC)c(Br)c1)NCCOC.I. The zero-order chi connectivity index (χ0) is 14.8. The topological polar surface area (TPSA) is 54.9 Å². The summed E-state index contributed by atoms with van der Waals surface area (Å²) < 4.78 is 11.2. The first-order valence-electron chi connectivity index (χ1n) is 6.54. The number of benzene rings is 1. The lowest BCUT2D eigenvalue weighted by Gasteiger charge is -2.11. The molecule has 0 unspecified atom stereocenters. The Morgan fingerprint density at radius 3 is 2.62 bits per heavy atom. The monoisotopic (exact) mass is 471 g/mol. The smallest absolute Gasteiger partial charge is 0.191 e. The van der Waals surface area contributed by atoms with Gasteiger partial charge in [0.1, 0.15) is 5.75 Å². The number of nitrogens with zero attached hydrogens (tertiary/aromatic N) is 1. The van der Waals surface area contributed by atoms with Crippen molar-refractivity contribution in [3.05, 3.63) is 28.2 Å². The summed E-state index contributed by atoms with van der Waals surface area (Å²) in [5, 5.41) is 6.40. The summed E-state index contributed by atoms with van der Waals surface area (Å²) in [7, 11) is 3.33. The van der Waals surface area contributed by atoms with E-state index in [0.29, 0.717) is 13.2 Å². The summed E-state index contributed by atoms with van der Waals surface area (Å²) in [6.45, 7) is 4.85. The molecule has 0 saturated heterocycles. The van der Waals surface area contributed by atoms with Crippen LogP contribution in [0.4, 0.5) is 0 Å². The van der Waals surface area contributed by atoms with E-state index in [2.05, 4.69) is 31.6 Å². The van der Waals surface area contributed by atoms with Crippen LogP contribution in [0.3, 0.4) is 0 Å². The van der Waals surface area contributed by atoms with Crippen molar-refractivity contribution >= 4 is 45.9 Å². The molecule has 5 nitrogen and oxygen atoms in total. The van der Waals surface area contributed by atoms with Gasteiger partial charge in [0.15, 0.2) is 5.96 Å². The summed E-state index contributed by atoms with van der Waals surface area (Å²) in [6, 6.07) is 5.95. The number of aliphatic imine (C=N–C) groups is 1. The molecule has 0 fully saturated rings. The van der Waals surface area contributed by atoms with Gasteiger partial charge in [-0.25, -0.2) is 4.99 Å². The molecule has 7 heteroatoms. The summed E-state index contributed by atoms with van der Waals surface area (Å²) in [6.07, 6.45) is 0. The third-order valence-electron chi connectivity index (χ3n) is 2.58. The molecule has 0 spiro atoms. The molecule has 0 radical (unpaired) electrons. The average molecular weight is 472 g/mol. The van der Waals surface area contributed by atoms with Gasteiger partial charge in [0.05, 0.1) is 24.7 Å². The number of hydrogen-bond donors (Lipinski definition) is 2. The molecule has 1 rings (SSSR count). The summed E-state index contributed by atoms with van der Waals surface area (Å²) in [4.78, 5) is 4.53. The maximum absolute atomic E-state index is 5.21. The van der Waals surface area contributed by atoms with E-state index < -0.39 is 0 Å². The normalized spacial score (nSPS) is 10.8. The van der Waals surface area contributed by atoms with Crippen molar-refractivity contribution < 1.29 is 9.47 Å². The Bertz CT molecular complexity index is 444. The fourth-order valence-electron chi connectivity index (χ4n) is 1.59. The molecule has 0 aromatic heterocycles. The first-order chi connectivity index (χ1) is 9.71. The maximum Gasteiger partial charge on any atom is 0.191 e. The number of nitrogens with one attached hydrogen (secondary N) is 2. The van der Waals surface area contributed by atoms with Crippen molar-refractivity contribution in [1.82, 2.24) is 10.6 Å². The lowest BCUT2D eigenvalue weighted by Crippen LogP contribution is -2.38. The summed E-state index contributed by atoms with van der Waals surface area (Å²) in [5.74, 6) is 1.61. The van der Waals surface area contributed by atoms with E-state index in [1.165, 1.54) is 0 Å². The lowest BCUT2D eigenvalue weighted by molar-refractivity contribution is 0.203. The van der Waals surface area contributed by atoms with Crippen LogP contribution in [0, 0.1) is 0 Å². The van der Waals surface area contributed by atoms with Gasteiger partial charge in [0, 0.05) is 20.2 Å². The van der Waals surface area contributed by atoms with E-state index >= 15 is 0 Å². The molecule has 120 valence electrons. The second kappa shape index (κ2) is 12.0. The number of ether oxygens (including phenoxy) is 2. The van der Waals surface area contributed by atoms with Crippen LogP contribution in [0.5, 0.6) is 5.75 Å². The third-order valence-corrected chi connectivity index (χ3v) is 3.20. The highest BCUT2D eigenvalue weighted by molar-refractivity contribution is 14.0. The number of guanidine groups is 1. The Morgan fingerprint density at radius 2 is 2.05 bits per heavy atom. The minimum atomic E-state index is 0. The van der Waals surface area contributed by atoms with Gasteiger partial charge in [-0.1, -0.05) is 6.07 Å². The largest absolute Gasteiger partial charge is 0.496 e. The van der Waals surface area contributed by atoms with Crippen molar-refractivity contribution in [1.29, 1.82) is 0 Å². The highest BCUT2D eigenvalue weighted by Gasteiger charge is 2.02. The second-order valence-electron chi connectivity index (χ2n) is 4.08. The van der Waals surface area contributed by atoms with Crippen LogP contribution in [0.15, 0.2) is 27.7 Å². The molecule has 1 aromatic rings. The minimum Gasteiger partial charge on any atom is -0.496 e. The standard InChI is InChI=1S/C14H22BrN3O2.HI/c1-4-16-14(17-7-8-19-2)18-10-11-5-6-13(20-3)12(15)9-11;/h5-6,9H,4,7-8,10H2,1-3H3,(H2,16,17,18);1H. The van der Waals surface area contributed by atoms with Crippen molar-refractivity contribution in [2.24, 2.45) is 4.99 Å². The Balaban J connectivity index is 0.00000400. The quantitative estimate of drug-likeness (QED) is 0.278. The molecule has 0 heterocycles. The first-order valence-corrected chi connectivity index (χ1v) is 7.34. The summed E-state index contributed by atoms with van der Waals surface area (Å²) >= 11 is 3.48. The Labute approximate surface area is 152 Å². The molecule has 0 atom stereocenters. The second-order valence-corrected chi connectivity index (χ2v) is 4.94. The van der Waals surface area contributed by atoms with Crippen molar-refractivity contribution in [3.8, 4) is 5.75 Å². The van der Waals surface area contributed by atoms with Crippen LogP contribution < -0.4 is 15.4 Å². The molecular formula is C14H23BrIN3O2. The van der Waals surface area contributed by atoms with E-state index in [0.717, 1.165) is 34.8 Å². The summed E-state index contributed by atoms with van der Waals surface area (Å²) in [5.41, 5.74) is 1.11. The highest BCUT2D eigenvalue weighted by atomic mass is 127. The van der Waals surface area contributed by atoms with E-state index in [9.17, 15) is 0 Å². The van der Waals surface area contributed by atoms with Gasteiger partial charge in [0.2, 0.25) is 0 Å². The maximum atomic E-state index is 5.21. The van der Waals surface area contributed by atoms with Gasteiger partial charge in [-0.2, -0.15) is 0 Å². The highest BCUT2D eigenvalue weighted by Crippen LogP contribution is 2.25. The van der Waals surface area contributed by atoms with Crippen LogP contribution in [0.25, 0.3) is 0 Å². The number of rotatable bonds is 7. The Morgan fingerprint density at radius 1 is 1.29 bits per heavy atom. The number of hydrogen-bond acceptors (Lipinski definition) is 3. The van der Waals surface area contributed by atoms with Crippen LogP contribution in [-0.4, -0.2) is 39.9 Å². The van der Waals surface area contributed by atoms with E-state index in [-0.39, 0.29) is 24.0 Å². The van der Waals surface area contributed by atoms with Gasteiger partial charge in [-0.05, 0) is 40.5 Å². The molecule has 1 aromatic carbocycles. The first kappa shape index (κ1) is 20.5. The number of methoxy groups -OCH3 is 2. The predicted molar refractivity (Wildman–Crippen MR) is 101 cm³/mol. The van der Waals surface area contributed by atoms with Gasteiger partial charge in [0.25, 0.3) is 0 Å². The molecule has 0 aliphatic carbocycles. The van der Waals surface area contributed by atoms with Gasteiger partial charge >= 0.3 is 0 Å². The average Bonchev–Trinajstić information content (AvgIpc) is 2.45. The van der Waals surface area contributed by atoms with Crippen molar-refractivity contribution in [3.63, 3.8) is 0 Å². The zero-order valence-electron chi connectivity index (χ0n) is 12.6. The lowest BCUT2D eigenvalue weighted by atomic mass is 10.2. The molecule has 0 aliphatic rings. The fraction of sp³-hybridized carbons (Fsp3) is 0.500. The molecule has 0 bridgehead atoms. The molecule has 2 N–H and O–H groups in total. The fourth-order valence-corrected chi connectivity index (χ4v) is 2.18. The van der Waals surface area contributed by atoms with Crippen LogP contribution in [0.2, 0.25) is 0 Å². The van der Waals surface area contributed by atoms with E-state index in [1.807, 2.05) is 25.1 Å². The molecule has 21 heavy (non-hydrogen) atoms. The molecule has 0 aliphatic heterocycles. The molecule has 0 amide bonds. The number of halogens is 2. The van der Waals surface area contributed by atoms with Crippen LogP contribution in [-0.2, 0) is 11.3 Å². The van der Waals surface area contributed by atoms with Crippen molar-refractivity contribution in [2.75, 3.05) is 33.9 Å². The Kier molecular flexibility index (Phi) is 11.7. The zero-order valence-corrected chi connectivity index (χ0v) is 16.5. The van der Waals surface area contributed by atoms with Crippen LogP contribution >= 0.6 is 39.9 Å². The van der Waals surface area contributed by atoms with Gasteiger partial charge < -0.3 is 20.1 Å². The molecule has 0 saturated carbocycles. The van der Waals surface area contributed by atoms with E-state index in [1.54, 1.807) is 14.2 Å². The third kappa shape index (κ3) is 7.87. The van der Waals surface area contributed by atoms with Gasteiger partial charge in [-0.15, -0.1) is 24.0 Å². The predicted octanol–water partition coefficient (Wildman–Crippen LogP) is 2.78. The Hall–Kier alpha value is -0.540. The van der Waals surface area contributed by atoms with Crippen molar-refractivity contribution in [2.45, 2.75) is 13.5 Å². The molecular weight excluding hydrogens is 449 g/mol. The van der Waals surface area contributed by atoms with Crippen LogP contribution in [0.1, 0.15) is 12.5 Å². The van der Waals surface area contributed by atoms with E-state index in [4.69, 9.17) is 9.47 Å².